The van der Waals surface area contributed by atoms with E-state index in [9.17, 15) is 13.2 Å². The van der Waals surface area contributed by atoms with Gasteiger partial charge in [0.1, 0.15) is 0 Å². The highest BCUT2D eigenvalue weighted by atomic mass is 32.2. The molecular weight excluding hydrogens is 336 g/mol. The minimum Gasteiger partial charge on any atom is -0.308 e. The molecule has 0 aliphatic heterocycles. The molecule has 3 aromatic rings. The van der Waals surface area contributed by atoms with Crippen molar-refractivity contribution < 1.29 is 13.2 Å². The maximum atomic E-state index is 11.9. The van der Waals surface area contributed by atoms with Gasteiger partial charge in [0.2, 0.25) is 10.0 Å². The van der Waals surface area contributed by atoms with Crippen LogP contribution in [0.15, 0.2) is 53.4 Å². The first-order valence-electron chi connectivity index (χ1n) is 6.48. The van der Waals surface area contributed by atoms with Gasteiger partial charge < -0.3 is 5.32 Å². The third-order valence-corrected chi connectivity index (χ3v) is 4.84. The van der Waals surface area contributed by atoms with E-state index in [4.69, 9.17) is 5.14 Å². The number of sulfonamides is 1. The zero-order chi connectivity index (χ0) is 16.4. The highest BCUT2D eigenvalue weighted by Gasteiger charge is 2.09. The second kappa shape index (κ2) is 5.95. The maximum absolute atomic E-state index is 11.9. The fraction of sp³-hybridized carbons (Fsp3) is 0. The number of carbonyl (C=O) groups is 1. The van der Waals surface area contributed by atoms with E-state index in [0.717, 1.165) is 10.2 Å². The number of benzene rings is 2. The maximum Gasteiger partial charge on any atom is 0.325 e. The van der Waals surface area contributed by atoms with Crippen molar-refractivity contribution in [2.24, 2.45) is 5.14 Å². The number of aromatic nitrogens is 1. The van der Waals surface area contributed by atoms with Gasteiger partial charge >= 0.3 is 6.03 Å². The monoisotopic (exact) mass is 348 g/mol. The third-order valence-electron chi connectivity index (χ3n) is 2.96. The fourth-order valence-electron chi connectivity index (χ4n) is 1.91. The highest BCUT2D eigenvalue weighted by Crippen LogP contribution is 2.25. The molecule has 0 fully saturated rings. The second-order valence-corrected chi connectivity index (χ2v) is 7.23. The van der Waals surface area contributed by atoms with Crippen molar-refractivity contribution in [3.8, 4) is 0 Å². The minimum absolute atomic E-state index is 0.0189. The number of amides is 2. The highest BCUT2D eigenvalue weighted by molar-refractivity contribution is 7.89. The van der Waals surface area contributed by atoms with Gasteiger partial charge in [0.05, 0.1) is 15.1 Å². The number of anilines is 2. The molecular formula is C14H12N4O3S2. The number of rotatable bonds is 3. The first-order chi connectivity index (χ1) is 10.9. The fourth-order valence-corrected chi connectivity index (χ4v) is 3.29. The van der Waals surface area contributed by atoms with Crippen LogP contribution in [0.2, 0.25) is 0 Å². The number of urea groups is 1. The number of para-hydroxylation sites is 1. The Labute approximate surface area is 136 Å². The molecule has 0 saturated heterocycles. The van der Waals surface area contributed by atoms with Crippen molar-refractivity contribution in [3.05, 3.63) is 48.5 Å². The van der Waals surface area contributed by atoms with Crippen LogP contribution in [-0.4, -0.2) is 19.4 Å². The van der Waals surface area contributed by atoms with E-state index in [2.05, 4.69) is 15.6 Å². The average Bonchev–Trinajstić information content (AvgIpc) is 2.88. The van der Waals surface area contributed by atoms with Gasteiger partial charge in [-0.15, -0.1) is 0 Å². The van der Waals surface area contributed by atoms with Gasteiger partial charge in [0.15, 0.2) is 5.13 Å². The summed E-state index contributed by atoms with van der Waals surface area (Å²) in [6.45, 7) is 0. The van der Waals surface area contributed by atoms with E-state index in [1.165, 1.54) is 35.6 Å². The summed E-state index contributed by atoms with van der Waals surface area (Å²) in [5.74, 6) is 0. The molecule has 4 N–H and O–H groups in total. The first-order valence-corrected chi connectivity index (χ1v) is 8.84. The van der Waals surface area contributed by atoms with E-state index in [1.807, 2.05) is 24.3 Å². The molecule has 0 aliphatic carbocycles. The van der Waals surface area contributed by atoms with Crippen LogP contribution in [-0.2, 0) is 10.0 Å². The van der Waals surface area contributed by atoms with Crippen molar-refractivity contribution in [3.63, 3.8) is 0 Å². The van der Waals surface area contributed by atoms with E-state index in [-0.39, 0.29) is 4.90 Å². The van der Waals surface area contributed by atoms with Gasteiger partial charge in [-0.3, -0.25) is 5.32 Å². The lowest BCUT2D eigenvalue weighted by Crippen LogP contribution is -2.19. The standard InChI is InChI=1S/C14H12N4O3S2/c15-23(20,21)10-7-5-9(6-8-10)16-13(19)18-14-17-11-3-1-2-4-12(11)22-14/h1-8H,(H2,15,20,21)(H2,16,17,18,19). The Kier molecular flexibility index (Phi) is 3.99. The van der Waals surface area contributed by atoms with E-state index in [0.29, 0.717) is 10.8 Å². The predicted molar refractivity (Wildman–Crippen MR) is 90.1 cm³/mol. The van der Waals surface area contributed by atoms with Gasteiger partial charge in [-0.25, -0.2) is 23.3 Å². The molecule has 1 heterocycles. The molecule has 0 saturated carbocycles. The molecule has 0 unspecified atom stereocenters. The van der Waals surface area contributed by atoms with Crippen LogP contribution in [0.5, 0.6) is 0 Å². The van der Waals surface area contributed by atoms with Crippen molar-refractivity contribution in [2.75, 3.05) is 10.6 Å². The van der Waals surface area contributed by atoms with Crippen LogP contribution in [0.25, 0.3) is 10.2 Å². The number of hydrogen-bond donors (Lipinski definition) is 3. The van der Waals surface area contributed by atoms with Gasteiger partial charge in [-0.2, -0.15) is 0 Å². The topological polar surface area (TPSA) is 114 Å². The summed E-state index contributed by atoms with van der Waals surface area (Å²) in [5.41, 5.74) is 1.25. The molecule has 2 aromatic carbocycles. The molecule has 2 amide bonds. The molecule has 0 spiro atoms. The lowest BCUT2D eigenvalue weighted by Gasteiger charge is -2.06. The smallest absolute Gasteiger partial charge is 0.308 e. The number of carbonyl (C=O) groups excluding carboxylic acids is 1. The molecule has 1 aromatic heterocycles. The number of primary sulfonamides is 1. The molecule has 118 valence electrons. The Morgan fingerprint density at radius 2 is 1.74 bits per heavy atom. The summed E-state index contributed by atoms with van der Waals surface area (Å²) in [6, 6.07) is 12.6. The van der Waals surface area contributed by atoms with Gasteiger partial charge in [-0.1, -0.05) is 23.5 Å². The van der Waals surface area contributed by atoms with Crippen LogP contribution in [0.4, 0.5) is 15.6 Å². The molecule has 9 heteroatoms. The second-order valence-electron chi connectivity index (χ2n) is 4.64. The largest absolute Gasteiger partial charge is 0.325 e. The van der Waals surface area contributed by atoms with Crippen LogP contribution >= 0.6 is 11.3 Å². The normalized spacial score (nSPS) is 11.3. The van der Waals surface area contributed by atoms with Crippen molar-refractivity contribution in [2.45, 2.75) is 4.90 Å². The SMILES string of the molecule is NS(=O)(=O)c1ccc(NC(=O)Nc2nc3ccccc3s2)cc1. The Balaban J connectivity index is 1.69. The number of thiazole rings is 1. The van der Waals surface area contributed by atoms with Crippen LogP contribution in [0, 0.1) is 0 Å². The Bertz CT molecular complexity index is 932. The summed E-state index contributed by atoms with van der Waals surface area (Å²) >= 11 is 1.36. The number of nitrogens with two attached hydrogens (primary N) is 1. The Hall–Kier alpha value is -2.49. The average molecular weight is 348 g/mol. The molecule has 3 rings (SSSR count). The molecule has 7 nitrogen and oxygen atoms in total. The Morgan fingerprint density at radius 3 is 2.39 bits per heavy atom. The summed E-state index contributed by atoms with van der Waals surface area (Å²) in [6.07, 6.45) is 0. The molecule has 23 heavy (non-hydrogen) atoms. The summed E-state index contributed by atoms with van der Waals surface area (Å²) in [7, 11) is -3.75. The van der Waals surface area contributed by atoms with Gasteiger partial charge in [0.25, 0.3) is 0 Å². The van der Waals surface area contributed by atoms with Gasteiger partial charge in [-0.05, 0) is 36.4 Å². The van der Waals surface area contributed by atoms with E-state index in [1.54, 1.807) is 0 Å². The Morgan fingerprint density at radius 1 is 1.04 bits per heavy atom. The first kappa shape index (κ1) is 15.4. The lowest BCUT2D eigenvalue weighted by atomic mass is 10.3. The quantitative estimate of drug-likeness (QED) is 0.675. The van der Waals surface area contributed by atoms with E-state index >= 15 is 0 Å². The predicted octanol–water partition coefficient (Wildman–Crippen LogP) is 2.59. The van der Waals surface area contributed by atoms with Crippen molar-refractivity contribution in [1.29, 1.82) is 0 Å². The number of fused-ring (bicyclic) bond motifs is 1. The molecule has 0 radical (unpaired) electrons. The van der Waals surface area contributed by atoms with Crippen LogP contribution in [0.3, 0.4) is 0 Å². The summed E-state index contributed by atoms with van der Waals surface area (Å²) < 4.78 is 23.3. The molecule has 0 atom stereocenters. The van der Waals surface area contributed by atoms with Crippen LogP contribution in [0.1, 0.15) is 0 Å². The summed E-state index contributed by atoms with van der Waals surface area (Å²) in [5, 5.41) is 10.7. The minimum atomic E-state index is -3.75. The summed E-state index contributed by atoms with van der Waals surface area (Å²) in [4.78, 5) is 16.2. The third kappa shape index (κ3) is 3.65. The van der Waals surface area contributed by atoms with Crippen molar-refractivity contribution in [1.82, 2.24) is 4.98 Å². The number of nitrogens with one attached hydrogen (secondary N) is 2. The number of hydrogen-bond acceptors (Lipinski definition) is 5. The zero-order valence-corrected chi connectivity index (χ0v) is 13.3. The molecule has 0 bridgehead atoms. The lowest BCUT2D eigenvalue weighted by molar-refractivity contribution is 0.262. The van der Waals surface area contributed by atoms with Gasteiger partial charge in [0, 0.05) is 5.69 Å². The zero-order valence-electron chi connectivity index (χ0n) is 11.7. The number of nitrogens with zero attached hydrogens (tertiary/aromatic N) is 1. The molecule has 0 aliphatic rings. The van der Waals surface area contributed by atoms with Crippen LogP contribution < -0.4 is 15.8 Å². The van der Waals surface area contributed by atoms with E-state index < -0.39 is 16.1 Å². The van der Waals surface area contributed by atoms with Crippen molar-refractivity contribution >= 4 is 48.4 Å².